The van der Waals surface area contributed by atoms with E-state index in [1.165, 1.54) is 10.4 Å². The summed E-state index contributed by atoms with van der Waals surface area (Å²) < 4.78 is 27.4. The van der Waals surface area contributed by atoms with Crippen LogP contribution in [0, 0.1) is 5.92 Å². The Bertz CT molecular complexity index is 1230. The van der Waals surface area contributed by atoms with Gasteiger partial charge in [0.05, 0.1) is 11.6 Å². The van der Waals surface area contributed by atoms with E-state index in [-0.39, 0.29) is 28.0 Å². The number of carbonyl (C=O) groups is 2. The van der Waals surface area contributed by atoms with Crippen LogP contribution in [-0.4, -0.2) is 37.5 Å². The average molecular weight is 489 g/mol. The number of sulfonamides is 1. The number of nitrogens with one attached hydrogen (secondary N) is 1. The van der Waals surface area contributed by atoms with Gasteiger partial charge in [0, 0.05) is 29.2 Å². The van der Waals surface area contributed by atoms with Crippen LogP contribution in [0.15, 0.2) is 70.3 Å². The van der Waals surface area contributed by atoms with Crippen molar-refractivity contribution in [2.24, 2.45) is 5.92 Å². The molecule has 2 aromatic carbocycles. The predicted molar refractivity (Wildman–Crippen MR) is 126 cm³/mol. The molecule has 1 aliphatic heterocycles. The molecule has 1 aliphatic rings. The van der Waals surface area contributed by atoms with Crippen LogP contribution >= 0.6 is 22.9 Å². The molecule has 32 heavy (non-hydrogen) atoms. The number of hydrogen-bond donors (Lipinski definition) is 1. The molecule has 0 saturated carbocycles. The summed E-state index contributed by atoms with van der Waals surface area (Å²) in [6.45, 7) is 0.477. The Morgan fingerprint density at radius 2 is 1.84 bits per heavy atom. The van der Waals surface area contributed by atoms with Gasteiger partial charge in [-0.2, -0.15) is 4.31 Å². The molecule has 1 N–H and O–H groups in total. The van der Waals surface area contributed by atoms with Crippen molar-refractivity contribution in [1.29, 1.82) is 0 Å². The maximum absolute atomic E-state index is 13.0. The van der Waals surface area contributed by atoms with Crippen LogP contribution in [0.2, 0.25) is 5.02 Å². The molecule has 1 fully saturated rings. The number of anilines is 1. The number of ketones is 1. The molecule has 0 radical (unpaired) electrons. The van der Waals surface area contributed by atoms with Gasteiger partial charge in [0.1, 0.15) is 4.21 Å². The number of amides is 1. The summed E-state index contributed by atoms with van der Waals surface area (Å²) in [6.07, 6.45) is 1.15. The van der Waals surface area contributed by atoms with Crippen LogP contribution in [0.25, 0.3) is 0 Å². The highest BCUT2D eigenvalue weighted by Gasteiger charge is 2.34. The van der Waals surface area contributed by atoms with Crippen molar-refractivity contribution in [3.8, 4) is 0 Å². The lowest BCUT2D eigenvalue weighted by atomic mass is 9.97. The van der Waals surface area contributed by atoms with E-state index in [0.29, 0.717) is 35.7 Å². The Kier molecular flexibility index (Phi) is 6.76. The monoisotopic (exact) mass is 488 g/mol. The number of rotatable bonds is 6. The van der Waals surface area contributed by atoms with Crippen molar-refractivity contribution >= 4 is 50.3 Å². The fourth-order valence-electron chi connectivity index (χ4n) is 3.71. The van der Waals surface area contributed by atoms with E-state index in [4.69, 9.17) is 11.6 Å². The summed E-state index contributed by atoms with van der Waals surface area (Å²) in [5, 5.41) is 4.93. The minimum atomic E-state index is -3.62. The average Bonchev–Trinajstić information content (AvgIpc) is 3.36. The summed E-state index contributed by atoms with van der Waals surface area (Å²) in [5.41, 5.74) is 1.12. The van der Waals surface area contributed by atoms with Gasteiger partial charge in [-0.15, -0.1) is 11.3 Å². The standard InChI is InChI=1S/C23H21ClN2O4S2/c24-18-10-11-20(19(14-18)22(27)16-6-2-1-3-7-16)25-23(28)17-8-4-12-26(15-17)32(29,30)21-9-5-13-31-21/h1-3,5-7,9-11,13-14,17H,4,8,12,15H2,(H,25,28)/t17-/m0/s1. The predicted octanol–water partition coefficient (Wildman–Crippen LogP) is 4.67. The van der Waals surface area contributed by atoms with E-state index in [2.05, 4.69) is 5.32 Å². The highest BCUT2D eigenvalue weighted by molar-refractivity contribution is 7.91. The zero-order chi connectivity index (χ0) is 22.7. The quantitative estimate of drug-likeness (QED) is 0.511. The maximum Gasteiger partial charge on any atom is 0.252 e. The van der Waals surface area contributed by atoms with Crippen molar-refractivity contribution in [3.63, 3.8) is 0 Å². The van der Waals surface area contributed by atoms with Crippen molar-refractivity contribution in [1.82, 2.24) is 4.31 Å². The number of hydrogen-bond acceptors (Lipinski definition) is 5. The van der Waals surface area contributed by atoms with Gasteiger partial charge in [0.15, 0.2) is 5.78 Å². The third-order valence-electron chi connectivity index (χ3n) is 5.36. The molecule has 1 saturated heterocycles. The number of thiophene rings is 1. The molecule has 0 aliphatic carbocycles. The van der Waals surface area contributed by atoms with E-state index in [9.17, 15) is 18.0 Å². The van der Waals surface area contributed by atoms with E-state index in [1.54, 1.807) is 53.9 Å². The lowest BCUT2D eigenvalue weighted by Crippen LogP contribution is -2.43. The number of halogens is 1. The Balaban J connectivity index is 1.54. The molecule has 9 heteroatoms. The van der Waals surface area contributed by atoms with Crippen LogP contribution < -0.4 is 5.32 Å². The van der Waals surface area contributed by atoms with Crippen molar-refractivity contribution in [2.75, 3.05) is 18.4 Å². The molecule has 166 valence electrons. The summed E-state index contributed by atoms with van der Waals surface area (Å²) in [6, 6.07) is 16.7. The summed E-state index contributed by atoms with van der Waals surface area (Å²) in [4.78, 5) is 26.0. The minimum Gasteiger partial charge on any atom is -0.325 e. The Morgan fingerprint density at radius 1 is 1.06 bits per heavy atom. The topological polar surface area (TPSA) is 83.6 Å². The van der Waals surface area contributed by atoms with Crippen LogP contribution in [0.4, 0.5) is 5.69 Å². The van der Waals surface area contributed by atoms with Crippen LogP contribution in [0.5, 0.6) is 0 Å². The SMILES string of the molecule is O=C(c1ccccc1)c1cc(Cl)ccc1NC(=O)[C@H]1CCCN(S(=O)(=O)c2cccs2)C1. The minimum absolute atomic E-state index is 0.0988. The molecule has 1 amide bonds. The number of carbonyl (C=O) groups excluding carboxylic acids is 2. The number of benzene rings is 2. The first-order valence-electron chi connectivity index (χ1n) is 10.1. The van der Waals surface area contributed by atoms with Gasteiger partial charge >= 0.3 is 0 Å². The fraction of sp³-hybridized carbons (Fsp3) is 0.217. The zero-order valence-electron chi connectivity index (χ0n) is 17.0. The van der Waals surface area contributed by atoms with Gasteiger partial charge in [-0.3, -0.25) is 9.59 Å². The molecule has 0 bridgehead atoms. The fourth-order valence-corrected chi connectivity index (χ4v) is 6.55. The highest BCUT2D eigenvalue weighted by atomic mass is 35.5. The third-order valence-corrected chi connectivity index (χ3v) is 8.84. The molecule has 1 atom stereocenters. The van der Waals surface area contributed by atoms with E-state index >= 15 is 0 Å². The third kappa shape index (κ3) is 4.78. The van der Waals surface area contributed by atoms with Crippen LogP contribution in [-0.2, 0) is 14.8 Å². The normalized spacial score (nSPS) is 17.1. The molecule has 2 heterocycles. The summed E-state index contributed by atoms with van der Waals surface area (Å²) in [7, 11) is -3.62. The Labute approximate surface area is 195 Å². The second kappa shape index (κ2) is 9.54. The Morgan fingerprint density at radius 3 is 2.56 bits per heavy atom. The molecule has 0 spiro atoms. The van der Waals surface area contributed by atoms with Gasteiger partial charge in [0.25, 0.3) is 10.0 Å². The Hall–Kier alpha value is -2.52. The molecule has 0 unspecified atom stereocenters. The van der Waals surface area contributed by atoms with Gasteiger partial charge in [-0.25, -0.2) is 8.42 Å². The van der Waals surface area contributed by atoms with Gasteiger partial charge < -0.3 is 5.32 Å². The lowest BCUT2D eigenvalue weighted by Gasteiger charge is -2.31. The zero-order valence-corrected chi connectivity index (χ0v) is 19.4. The molecule has 4 rings (SSSR count). The summed E-state index contributed by atoms with van der Waals surface area (Å²) in [5.74, 6) is -1.09. The van der Waals surface area contributed by atoms with Crippen molar-refractivity contribution in [3.05, 3.63) is 82.2 Å². The lowest BCUT2D eigenvalue weighted by molar-refractivity contribution is -0.120. The first-order chi connectivity index (χ1) is 15.4. The summed E-state index contributed by atoms with van der Waals surface area (Å²) >= 11 is 7.27. The molecular weight excluding hydrogens is 468 g/mol. The maximum atomic E-state index is 13.0. The first kappa shape index (κ1) is 22.7. The van der Waals surface area contributed by atoms with Gasteiger partial charge in [-0.1, -0.05) is 48.0 Å². The molecule has 1 aromatic heterocycles. The molecule has 3 aromatic rings. The highest BCUT2D eigenvalue weighted by Crippen LogP contribution is 2.28. The second-order valence-electron chi connectivity index (χ2n) is 7.51. The van der Waals surface area contributed by atoms with Gasteiger partial charge in [0.2, 0.25) is 5.91 Å². The first-order valence-corrected chi connectivity index (χ1v) is 12.8. The van der Waals surface area contributed by atoms with E-state index in [0.717, 1.165) is 11.3 Å². The van der Waals surface area contributed by atoms with Crippen molar-refractivity contribution in [2.45, 2.75) is 17.1 Å². The van der Waals surface area contributed by atoms with Crippen LogP contribution in [0.1, 0.15) is 28.8 Å². The molecule has 6 nitrogen and oxygen atoms in total. The number of nitrogens with zero attached hydrogens (tertiary/aromatic N) is 1. The smallest absolute Gasteiger partial charge is 0.252 e. The largest absolute Gasteiger partial charge is 0.325 e. The van der Waals surface area contributed by atoms with E-state index < -0.39 is 15.9 Å². The number of piperidine rings is 1. The van der Waals surface area contributed by atoms with Gasteiger partial charge in [-0.05, 0) is 42.5 Å². The van der Waals surface area contributed by atoms with Crippen molar-refractivity contribution < 1.29 is 18.0 Å². The van der Waals surface area contributed by atoms with E-state index in [1.807, 2.05) is 6.07 Å². The van der Waals surface area contributed by atoms with Crippen LogP contribution in [0.3, 0.4) is 0 Å². The second-order valence-corrected chi connectivity index (χ2v) is 11.1. The molecular formula is C23H21ClN2O4S2.